The first kappa shape index (κ1) is 20.3. The first-order valence-corrected chi connectivity index (χ1v) is 10.1. The van der Waals surface area contributed by atoms with Gasteiger partial charge < -0.3 is 10.0 Å². The standard InChI is InChI=1S/C25H18F3NO3/c26-25(27,28)18-9-2-1-8-17(18)20-13-24(20)19-10-3-4-11-21(19)29(23(24)32)14-15-6-5-7-16(12-15)22(30)31/h1-12,20H,13-14H2,(H,30,31)/t20-,24+/m1/s1. The van der Waals surface area contributed by atoms with E-state index in [0.717, 1.165) is 11.6 Å². The minimum atomic E-state index is -4.50. The highest BCUT2D eigenvalue weighted by Crippen LogP contribution is 2.67. The number of para-hydroxylation sites is 1. The summed E-state index contributed by atoms with van der Waals surface area (Å²) in [4.78, 5) is 26.5. The summed E-state index contributed by atoms with van der Waals surface area (Å²) in [5.74, 6) is -1.88. The lowest BCUT2D eigenvalue weighted by atomic mass is 9.90. The van der Waals surface area contributed by atoms with E-state index in [9.17, 15) is 27.9 Å². The number of fused-ring (bicyclic) bond motifs is 2. The molecule has 162 valence electrons. The van der Waals surface area contributed by atoms with Crippen molar-refractivity contribution in [3.8, 4) is 0 Å². The maximum absolute atomic E-state index is 13.6. The van der Waals surface area contributed by atoms with E-state index in [1.54, 1.807) is 47.4 Å². The van der Waals surface area contributed by atoms with Gasteiger partial charge in [-0.25, -0.2) is 4.79 Å². The third-order valence-electron chi connectivity index (χ3n) is 6.42. The number of rotatable bonds is 4. The van der Waals surface area contributed by atoms with Gasteiger partial charge in [-0.15, -0.1) is 0 Å². The fourth-order valence-electron chi connectivity index (χ4n) is 4.93. The number of halogens is 3. The molecule has 7 heteroatoms. The van der Waals surface area contributed by atoms with E-state index in [2.05, 4.69) is 0 Å². The van der Waals surface area contributed by atoms with Gasteiger partial charge in [0.2, 0.25) is 5.91 Å². The van der Waals surface area contributed by atoms with Crippen molar-refractivity contribution in [3.05, 3.63) is 101 Å². The van der Waals surface area contributed by atoms with Gasteiger partial charge in [0, 0.05) is 11.6 Å². The van der Waals surface area contributed by atoms with Gasteiger partial charge in [-0.1, -0.05) is 48.5 Å². The predicted molar refractivity (Wildman–Crippen MR) is 112 cm³/mol. The van der Waals surface area contributed by atoms with E-state index in [4.69, 9.17) is 0 Å². The fourth-order valence-corrected chi connectivity index (χ4v) is 4.93. The van der Waals surface area contributed by atoms with Gasteiger partial charge in [-0.2, -0.15) is 13.2 Å². The van der Waals surface area contributed by atoms with Crippen molar-refractivity contribution in [3.63, 3.8) is 0 Å². The summed E-state index contributed by atoms with van der Waals surface area (Å²) in [5, 5.41) is 9.25. The van der Waals surface area contributed by atoms with Crippen molar-refractivity contribution in [1.82, 2.24) is 0 Å². The number of amides is 1. The summed E-state index contributed by atoms with van der Waals surface area (Å²) < 4.78 is 40.9. The van der Waals surface area contributed by atoms with Gasteiger partial charge >= 0.3 is 12.1 Å². The van der Waals surface area contributed by atoms with Gasteiger partial charge in [0.15, 0.2) is 0 Å². The lowest BCUT2D eigenvalue weighted by molar-refractivity contribution is -0.138. The molecule has 0 bridgehead atoms. The summed E-state index contributed by atoms with van der Waals surface area (Å²) in [5.41, 5.74) is 0.533. The minimum absolute atomic E-state index is 0.112. The topological polar surface area (TPSA) is 57.6 Å². The van der Waals surface area contributed by atoms with Crippen LogP contribution in [0.4, 0.5) is 18.9 Å². The van der Waals surface area contributed by atoms with Crippen molar-refractivity contribution >= 4 is 17.6 Å². The maximum atomic E-state index is 13.6. The highest BCUT2D eigenvalue weighted by atomic mass is 19.4. The lowest BCUT2D eigenvalue weighted by Gasteiger charge is -2.19. The molecule has 1 amide bonds. The second-order valence-electron chi connectivity index (χ2n) is 8.23. The molecule has 1 saturated carbocycles. The molecular weight excluding hydrogens is 419 g/mol. The number of anilines is 1. The van der Waals surface area contributed by atoms with E-state index in [1.807, 2.05) is 0 Å². The highest BCUT2D eigenvalue weighted by molar-refractivity contribution is 6.11. The molecule has 1 heterocycles. The van der Waals surface area contributed by atoms with Crippen molar-refractivity contribution in [2.75, 3.05) is 4.90 Å². The Labute approximate surface area is 181 Å². The number of benzene rings is 3. The van der Waals surface area contributed by atoms with Crippen LogP contribution in [0.2, 0.25) is 0 Å². The molecule has 4 nitrogen and oxygen atoms in total. The van der Waals surface area contributed by atoms with E-state index in [0.29, 0.717) is 17.7 Å². The Balaban J connectivity index is 1.54. The maximum Gasteiger partial charge on any atom is 0.416 e. The number of carboxylic acids is 1. The molecule has 3 aromatic carbocycles. The molecule has 1 spiro atoms. The number of hydrogen-bond acceptors (Lipinski definition) is 2. The van der Waals surface area contributed by atoms with E-state index < -0.39 is 29.0 Å². The van der Waals surface area contributed by atoms with E-state index in [-0.39, 0.29) is 23.6 Å². The second-order valence-corrected chi connectivity index (χ2v) is 8.23. The van der Waals surface area contributed by atoms with Crippen LogP contribution in [-0.4, -0.2) is 17.0 Å². The minimum Gasteiger partial charge on any atom is -0.478 e. The van der Waals surface area contributed by atoms with Crippen LogP contribution in [0.1, 0.15) is 45.0 Å². The molecule has 5 rings (SSSR count). The summed E-state index contributed by atoms with van der Waals surface area (Å²) in [6.07, 6.45) is -4.19. The third kappa shape index (κ3) is 2.99. The highest BCUT2D eigenvalue weighted by Gasteiger charge is 2.67. The van der Waals surface area contributed by atoms with Crippen LogP contribution in [0.3, 0.4) is 0 Å². The van der Waals surface area contributed by atoms with Crippen molar-refractivity contribution in [2.24, 2.45) is 0 Å². The number of carbonyl (C=O) groups excluding carboxylic acids is 1. The second kappa shape index (κ2) is 6.95. The molecule has 1 N–H and O–H groups in total. The Kier molecular flexibility index (Phi) is 4.41. The molecule has 2 atom stereocenters. The number of carbonyl (C=O) groups is 2. The molecule has 3 aromatic rings. The summed E-state index contributed by atoms with van der Waals surface area (Å²) in [6, 6.07) is 18.9. The fraction of sp³-hybridized carbons (Fsp3) is 0.200. The van der Waals surface area contributed by atoms with Crippen LogP contribution in [0.5, 0.6) is 0 Å². The first-order valence-electron chi connectivity index (χ1n) is 10.1. The number of nitrogens with zero attached hydrogens (tertiary/aromatic N) is 1. The van der Waals surface area contributed by atoms with Crippen molar-refractivity contribution in [2.45, 2.75) is 30.5 Å². The van der Waals surface area contributed by atoms with E-state index in [1.165, 1.54) is 24.3 Å². The third-order valence-corrected chi connectivity index (χ3v) is 6.42. The molecule has 0 saturated heterocycles. The van der Waals surface area contributed by atoms with Gasteiger partial charge in [0.05, 0.1) is 23.1 Å². The van der Waals surface area contributed by atoms with Crippen LogP contribution in [0, 0.1) is 0 Å². The van der Waals surface area contributed by atoms with Crippen LogP contribution < -0.4 is 4.90 Å². The molecule has 2 aliphatic rings. The van der Waals surface area contributed by atoms with Crippen LogP contribution in [-0.2, 0) is 22.9 Å². The SMILES string of the molecule is O=C(O)c1cccc(CN2C(=O)[C@@]3(C[C@@H]3c3ccccc3C(F)(F)F)c3ccccc32)c1. The number of alkyl halides is 3. The van der Waals surface area contributed by atoms with Crippen molar-refractivity contribution in [1.29, 1.82) is 0 Å². The Morgan fingerprint density at radius 3 is 2.50 bits per heavy atom. The van der Waals surface area contributed by atoms with E-state index >= 15 is 0 Å². The Morgan fingerprint density at radius 2 is 1.75 bits per heavy atom. The molecular formula is C25H18F3NO3. The largest absolute Gasteiger partial charge is 0.478 e. The van der Waals surface area contributed by atoms with Gasteiger partial charge in [0.25, 0.3) is 0 Å². The Bertz CT molecular complexity index is 1250. The molecule has 1 fully saturated rings. The number of hydrogen-bond donors (Lipinski definition) is 1. The predicted octanol–water partition coefficient (Wildman–Crippen LogP) is 5.38. The molecule has 0 aromatic heterocycles. The quantitative estimate of drug-likeness (QED) is 0.597. The average Bonchev–Trinajstić information content (AvgIpc) is 3.48. The molecule has 1 aliphatic heterocycles. The summed E-state index contributed by atoms with van der Waals surface area (Å²) in [6.45, 7) is 0.145. The summed E-state index contributed by atoms with van der Waals surface area (Å²) in [7, 11) is 0. The Hall–Kier alpha value is -3.61. The normalized spacial score (nSPS) is 21.7. The summed E-state index contributed by atoms with van der Waals surface area (Å²) >= 11 is 0. The van der Waals surface area contributed by atoms with Gasteiger partial charge in [0.1, 0.15) is 0 Å². The number of carboxylic acid groups (broad SMARTS) is 1. The molecule has 0 radical (unpaired) electrons. The molecule has 1 aliphatic carbocycles. The van der Waals surface area contributed by atoms with Gasteiger partial charge in [-0.05, 0) is 47.4 Å². The van der Waals surface area contributed by atoms with Gasteiger partial charge in [-0.3, -0.25) is 4.79 Å². The average molecular weight is 437 g/mol. The zero-order chi connectivity index (χ0) is 22.7. The van der Waals surface area contributed by atoms with Crippen LogP contribution >= 0.6 is 0 Å². The smallest absolute Gasteiger partial charge is 0.416 e. The van der Waals surface area contributed by atoms with Crippen LogP contribution in [0.25, 0.3) is 0 Å². The number of aromatic carboxylic acids is 1. The first-order chi connectivity index (χ1) is 15.2. The monoisotopic (exact) mass is 437 g/mol. The Morgan fingerprint density at radius 1 is 1.03 bits per heavy atom. The van der Waals surface area contributed by atoms with Crippen LogP contribution in [0.15, 0.2) is 72.8 Å². The van der Waals surface area contributed by atoms with Crippen molar-refractivity contribution < 1.29 is 27.9 Å². The zero-order valence-corrected chi connectivity index (χ0v) is 16.8. The zero-order valence-electron chi connectivity index (χ0n) is 16.8. The molecule has 32 heavy (non-hydrogen) atoms. The lowest BCUT2D eigenvalue weighted by Crippen LogP contribution is -2.32. The molecule has 0 unspecified atom stereocenters.